The van der Waals surface area contributed by atoms with E-state index >= 15 is 0 Å². The zero-order chi connectivity index (χ0) is 15.7. The number of carbonyl (C=O) groups is 2. The number of aromatic nitrogens is 1. The van der Waals surface area contributed by atoms with E-state index in [1.54, 1.807) is 35.8 Å². The van der Waals surface area contributed by atoms with Gasteiger partial charge in [0.15, 0.2) is 11.7 Å². The zero-order valence-corrected chi connectivity index (χ0v) is 12.5. The largest absolute Gasteiger partial charge is 0.459 e. The lowest BCUT2D eigenvalue weighted by atomic mass is 10.2. The summed E-state index contributed by atoms with van der Waals surface area (Å²) in [6, 6.07) is 3.32. The number of rotatable bonds is 2. The van der Waals surface area contributed by atoms with Crippen LogP contribution < -0.4 is 0 Å². The van der Waals surface area contributed by atoms with Gasteiger partial charge in [0.2, 0.25) is 5.76 Å². The van der Waals surface area contributed by atoms with E-state index in [9.17, 15) is 9.59 Å². The van der Waals surface area contributed by atoms with Crippen molar-refractivity contribution in [2.45, 2.75) is 13.8 Å². The monoisotopic (exact) mass is 303 g/mol. The average molecular weight is 303 g/mol. The van der Waals surface area contributed by atoms with Crippen molar-refractivity contribution < 1.29 is 18.4 Å². The van der Waals surface area contributed by atoms with E-state index in [-0.39, 0.29) is 17.6 Å². The fraction of sp³-hybridized carbons (Fsp3) is 0.400. The maximum Gasteiger partial charge on any atom is 0.291 e. The van der Waals surface area contributed by atoms with E-state index < -0.39 is 0 Å². The smallest absolute Gasteiger partial charge is 0.291 e. The lowest BCUT2D eigenvalue weighted by molar-refractivity contribution is 0.0501. The quantitative estimate of drug-likeness (QED) is 0.839. The molecule has 0 unspecified atom stereocenters. The van der Waals surface area contributed by atoms with E-state index in [2.05, 4.69) is 4.98 Å². The molecule has 2 aromatic heterocycles. The number of hydrogen-bond acceptors (Lipinski definition) is 5. The Morgan fingerprint density at radius 2 is 1.73 bits per heavy atom. The van der Waals surface area contributed by atoms with E-state index in [1.807, 2.05) is 0 Å². The Kier molecular flexibility index (Phi) is 3.70. The van der Waals surface area contributed by atoms with Crippen LogP contribution >= 0.6 is 0 Å². The van der Waals surface area contributed by atoms with Crippen LogP contribution in [0.2, 0.25) is 0 Å². The topological polar surface area (TPSA) is 79.8 Å². The maximum atomic E-state index is 12.4. The predicted octanol–water partition coefficient (Wildman–Crippen LogP) is 1.48. The Bertz CT molecular complexity index is 682. The van der Waals surface area contributed by atoms with Gasteiger partial charge in [-0.05, 0) is 19.1 Å². The Hall–Kier alpha value is -2.57. The Morgan fingerprint density at radius 3 is 2.23 bits per heavy atom. The molecule has 1 fully saturated rings. The van der Waals surface area contributed by atoms with Crippen molar-refractivity contribution in [2.24, 2.45) is 0 Å². The minimum Gasteiger partial charge on any atom is -0.459 e. The number of aryl methyl sites for hydroxylation is 2. The van der Waals surface area contributed by atoms with Crippen LogP contribution in [0, 0.1) is 13.8 Å². The SMILES string of the molecule is Cc1nc(C)c(C(=O)N2CCN(C(=O)c3ccco3)CC2)o1. The number of carbonyl (C=O) groups excluding carboxylic acids is 2. The number of furan rings is 1. The van der Waals surface area contributed by atoms with Gasteiger partial charge in [-0.2, -0.15) is 0 Å². The first-order valence-corrected chi connectivity index (χ1v) is 7.12. The molecule has 116 valence electrons. The Labute approximate surface area is 127 Å². The second-order valence-electron chi connectivity index (χ2n) is 5.21. The van der Waals surface area contributed by atoms with Gasteiger partial charge in [0.05, 0.1) is 12.0 Å². The van der Waals surface area contributed by atoms with Crippen molar-refractivity contribution in [1.82, 2.24) is 14.8 Å². The van der Waals surface area contributed by atoms with Crippen molar-refractivity contribution in [3.05, 3.63) is 41.5 Å². The van der Waals surface area contributed by atoms with Gasteiger partial charge in [0.1, 0.15) is 0 Å². The van der Waals surface area contributed by atoms with Gasteiger partial charge in [-0.15, -0.1) is 0 Å². The molecule has 0 N–H and O–H groups in total. The predicted molar refractivity (Wildman–Crippen MR) is 76.5 cm³/mol. The first-order chi connectivity index (χ1) is 10.6. The fourth-order valence-electron chi connectivity index (χ4n) is 2.54. The molecule has 2 aromatic rings. The lowest BCUT2D eigenvalue weighted by Crippen LogP contribution is -2.50. The molecule has 1 saturated heterocycles. The van der Waals surface area contributed by atoms with Crippen LogP contribution in [0.3, 0.4) is 0 Å². The number of oxazole rings is 1. The Morgan fingerprint density at radius 1 is 1.09 bits per heavy atom. The summed E-state index contributed by atoms with van der Waals surface area (Å²) in [5.74, 6) is 0.754. The molecule has 0 atom stereocenters. The molecule has 0 bridgehead atoms. The molecular weight excluding hydrogens is 286 g/mol. The van der Waals surface area contributed by atoms with Crippen LogP contribution in [-0.2, 0) is 0 Å². The zero-order valence-electron chi connectivity index (χ0n) is 12.5. The summed E-state index contributed by atoms with van der Waals surface area (Å²) < 4.78 is 10.5. The third-order valence-electron chi connectivity index (χ3n) is 3.68. The van der Waals surface area contributed by atoms with Gasteiger partial charge < -0.3 is 18.6 Å². The summed E-state index contributed by atoms with van der Waals surface area (Å²) in [6.45, 7) is 5.33. The minimum atomic E-state index is -0.178. The number of amides is 2. The van der Waals surface area contributed by atoms with Crippen molar-refractivity contribution >= 4 is 11.8 Å². The molecule has 0 saturated carbocycles. The Balaban J connectivity index is 1.63. The molecule has 0 aromatic carbocycles. The van der Waals surface area contributed by atoms with Gasteiger partial charge in [-0.1, -0.05) is 0 Å². The van der Waals surface area contributed by atoms with Gasteiger partial charge in [-0.3, -0.25) is 9.59 Å². The number of hydrogen-bond donors (Lipinski definition) is 0. The molecule has 0 radical (unpaired) electrons. The number of piperazine rings is 1. The average Bonchev–Trinajstić information content (AvgIpc) is 3.15. The van der Waals surface area contributed by atoms with E-state index in [0.717, 1.165) is 0 Å². The van der Waals surface area contributed by atoms with Crippen LogP contribution in [0.25, 0.3) is 0 Å². The van der Waals surface area contributed by atoms with Gasteiger partial charge in [0, 0.05) is 33.1 Å². The highest BCUT2D eigenvalue weighted by Crippen LogP contribution is 2.15. The summed E-state index contributed by atoms with van der Waals surface area (Å²) in [6.07, 6.45) is 1.47. The molecule has 0 aliphatic carbocycles. The fourth-order valence-corrected chi connectivity index (χ4v) is 2.54. The highest BCUT2D eigenvalue weighted by molar-refractivity contribution is 5.93. The summed E-state index contributed by atoms with van der Waals surface area (Å²) in [5, 5.41) is 0. The first kappa shape index (κ1) is 14.4. The molecule has 2 amide bonds. The van der Waals surface area contributed by atoms with Crippen LogP contribution in [0.4, 0.5) is 0 Å². The normalized spacial score (nSPS) is 15.2. The molecule has 1 aliphatic heterocycles. The highest BCUT2D eigenvalue weighted by atomic mass is 16.4. The van der Waals surface area contributed by atoms with Gasteiger partial charge >= 0.3 is 0 Å². The van der Waals surface area contributed by atoms with E-state index in [4.69, 9.17) is 8.83 Å². The summed E-state index contributed by atoms with van der Waals surface area (Å²) >= 11 is 0. The molecule has 7 heteroatoms. The molecule has 1 aliphatic rings. The molecule has 3 rings (SSSR count). The molecule has 0 spiro atoms. The van der Waals surface area contributed by atoms with Crippen LogP contribution in [0.15, 0.2) is 27.2 Å². The van der Waals surface area contributed by atoms with Gasteiger partial charge in [-0.25, -0.2) is 4.98 Å². The second-order valence-corrected chi connectivity index (χ2v) is 5.21. The molecule has 7 nitrogen and oxygen atoms in total. The number of nitrogens with zero attached hydrogens (tertiary/aromatic N) is 3. The highest BCUT2D eigenvalue weighted by Gasteiger charge is 2.29. The second kappa shape index (κ2) is 5.67. The summed E-state index contributed by atoms with van der Waals surface area (Å²) in [7, 11) is 0. The van der Waals surface area contributed by atoms with Crippen molar-refractivity contribution in [2.75, 3.05) is 26.2 Å². The first-order valence-electron chi connectivity index (χ1n) is 7.12. The third-order valence-corrected chi connectivity index (χ3v) is 3.68. The summed E-state index contributed by atoms with van der Waals surface area (Å²) in [5.41, 5.74) is 0.594. The standard InChI is InChI=1S/C15H17N3O4/c1-10-13(22-11(2)16-10)15(20)18-7-5-17(6-8-18)14(19)12-4-3-9-21-12/h3-4,9H,5-8H2,1-2H3. The van der Waals surface area contributed by atoms with Crippen molar-refractivity contribution in [3.8, 4) is 0 Å². The third kappa shape index (κ3) is 2.61. The summed E-state index contributed by atoms with van der Waals surface area (Å²) in [4.78, 5) is 32.0. The minimum absolute atomic E-state index is 0.149. The van der Waals surface area contributed by atoms with Gasteiger partial charge in [0.25, 0.3) is 11.8 Å². The van der Waals surface area contributed by atoms with E-state index in [1.165, 1.54) is 6.26 Å². The van der Waals surface area contributed by atoms with Crippen LogP contribution in [0.5, 0.6) is 0 Å². The van der Waals surface area contributed by atoms with Crippen molar-refractivity contribution in [3.63, 3.8) is 0 Å². The van der Waals surface area contributed by atoms with E-state index in [0.29, 0.717) is 43.5 Å². The van der Waals surface area contributed by atoms with Crippen LogP contribution in [0.1, 0.15) is 32.7 Å². The molecular formula is C15H17N3O4. The molecule has 22 heavy (non-hydrogen) atoms. The molecule has 3 heterocycles. The maximum absolute atomic E-state index is 12.4. The van der Waals surface area contributed by atoms with Crippen LogP contribution in [-0.4, -0.2) is 52.8 Å². The van der Waals surface area contributed by atoms with Crippen molar-refractivity contribution in [1.29, 1.82) is 0 Å². The lowest BCUT2D eigenvalue weighted by Gasteiger charge is -2.33.